The molecular weight excluding hydrogens is 2010 g/mol. The first-order chi connectivity index (χ1) is 65.5. The van der Waals surface area contributed by atoms with Gasteiger partial charge in [0.25, 0.3) is 0 Å². The SMILES string of the molecule is COc1ccc2nc3c(nc2c1)O[C@H]1CN(C(=O)[C@H](C(C)(C)C)NC(=O)O[C@@H]2CC4CC4[C@H]2CCCC(F)(F)C3(F)F)[C@H]([C-]=O)[C@@H]1C.COc1ccc2nc3c(nc2c1)O[C@H]1CN(C(=O)[C@H](C(C)(C)C)NC(=O)O[C@@H]2CCC[C@H]2CCCC(F)(F)C3(F)F)[C@H]([C-]=O)[C@@H]1C.COc1ccc2nc3c(nc2c1)O[C@H]1CN(C(=O)[C@H](C(C)(C)C)NC(=O)O[C@]2(C)CCC[C@H]2CCCC(F)(F)C3(F)F)[C@H]([C-]=O)[C@@H]1C.[V].[V].[V]. The van der Waals surface area contributed by atoms with Gasteiger partial charge in [-0.2, -0.15) is 52.7 Å². The molecule has 7 fully saturated rings. The maximum absolute atomic E-state index is 16.1. The molecule has 10 aliphatic rings. The van der Waals surface area contributed by atoms with Crippen LogP contribution >= 0.6 is 0 Å². The number of hydrogen-bond acceptors (Lipinski definition) is 24. The van der Waals surface area contributed by atoms with Crippen LogP contribution in [0, 0.1) is 63.6 Å². The summed E-state index contributed by atoms with van der Waals surface area (Å²) in [5.74, 6) is -34.5. The fraction of sp³-hybridized carbons (Fsp3) is 0.663. The van der Waals surface area contributed by atoms with Gasteiger partial charge in [0.15, 0.2) is 17.1 Å². The maximum Gasteiger partial charge on any atom is 0.408 e. The number of amides is 6. The van der Waals surface area contributed by atoms with Crippen LogP contribution in [0.5, 0.6) is 34.9 Å². The van der Waals surface area contributed by atoms with E-state index in [-0.39, 0.29) is 177 Å². The van der Waals surface area contributed by atoms with Gasteiger partial charge in [0, 0.05) is 93.1 Å². The molecule has 6 bridgehead atoms. The van der Waals surface area contributed by atoms with Crippen LogP contribution in [0.3, 0.4) is 0 Å². The number of nitrogens with zero attached hydrogens (tertiary/aromatic N) is 9. The van der Waals surface area contributed by atoms with Crippen molar-refractivity contribution in [3.8, 4) is 34.9 Å². The Hall–Kier alpha value is -9.38. The third-order valence-electron chi connectivity index (χ3n) is 29.5. The Morgan fingerprint density at radius 1 is 0.378 bits per heavy atom. The average molecular weight is 2130 g/mol. The molecule has 30 nitrogen and oxygen atoms in total. The number of ether oxygens (including phenoxy) is 9. The summed E-state index contributed by atoms with van der Waals surface area (Å²) in [6, 6.07) is 5.56. The molecule has 6 aliphatic heterocycles. The van der Waals surface area contributed by atoms with Crippen LogP contribution in [0.2, 0.25) is 0 Å². The number of carbonyl (C=O) groups is 6. The molecule has 16 rings (SSSR count). The van der Waals surface area contributed by atoms with Crippen LogP contribution in [0.4, 0.5) is 67.1 Å². The Bertz CT molecular complexity index is 5550. The number of alkyl carbamates (subject to hydrolysis) is 3. The number of carbonyl (C=O) groups excluding carboxylic acids is 9. The molecule has 6 amide bonds. The van der Waals surface area contributed by atoms with Crippen LogP contribution in [0.15, 0.2) is 54.6 Å². The van der Waals surface area contributed by atoms with Crippen molar-refractivity contribution in [3.05, 3.63) is 71.7 Å². The third kappa shape index (κ3) is 23.3. The Morgan fingerprint density at radius 3 is 1.04 bits per heavy atom. The monoisotopic (exact) mass is 2130 g/mol. The zero-order valence-electron chi connectivity index (χ0n) is 82.1. The minimum absolute atomic E-state index is 0. The summed E-state index contributed by atoms with van der Waals surface area (Å²) in [7, 11) is 4.18. The zero-order valence-corrected chi connectivity index (χ0v) is 86.2. The number of rotatable bonds is 6. The van der Waals surface area contributed by atoms with E-state index in [0.717, 1.165) is 16.2 Å². The first kappa shape index (κ1) is 114. The van der Waals surface area contributed by atoms with Crippen molar-refractivity contribution < 1.29 is 194 Å². The van der Waals surface area contributed by atoms with E-state index in [2.05, 4.69) is 45.9 Å². The van der Waals surface area contributed by atoms with E-state index in [1.807, 2.05) is 18.9 Å². The Morgan fingerprint density at radius 2 is 0.699 bits per heavy atom. The molecule has 3 aromatic carbocycles. The fourth-order valence-corrected chi connectivity index (χ4v) is 21.0. The first-order valence-electron chi connectivity index (χ1n) is 47.4. The quantitative estimate of drug-likeness (QED) is 0.0792. The zero-order chi connectivity index (χ0) is 102. The molecule has 0 spiro atoms. The van der Waals surface area contributed by atoms with Crippen molar-refractivity contribution in [2.24, 2.45) is 63.6 Å². The number of alkyl halides is 12. The molecule has 143 heavy (non-hydrogen) atoms. The predicted octanol–water partition coefficient (Wildman–Crippen LogP) is 16.9. The van der Waals surface area contributed by atoms with Gasteiger partial charge < -0.3 is 87.7 Å². The molecule has 3 saturated heterocycles. The van der Waals surface area contributed by atoms with E-state index in [9.17, 15) is 43.2 Å². The van der Waals surface area contributed by atoms with Crippen LogP contribution in [-0.4, -0.2) is 231 Å². The topological polar surface area (TPSA) is 360 Å². The normalized spacial score (nSPS) is 31.1. The van der Waals surface area contributed by atoms with Crippen molar-refractivity contribution in [3.63, 3.8) is 0 Å². The summed E-state index contributed by atoms with van der Waals surface area (Å²) in [6.07, 6.45) is -0.858. The van der Waals surface area contributed by atoms with Crippen molar-refractivity contribution >= 4 is 88.0 Å². The average Bonchev–Trinajstić information content (AvgIpc) is 1.73. The molecule has 9 heterocycles. The molecule has 4 saturated carbocycles. The van der Waals surface area contributed by atoms with Crippen LogP contribution in [0.25, 0.3) is 33.1 Å². The Balaban J connectivity index is 0.000000203. The number of fused-ring (bicyclic) bond motifs is 17. The number of benzene rings is 3. The minimum atomic E-state index is -4.81. The number of nitrogens with one attached hydrogen (secondary N) is 3. The number of hydrogen-bond donors (Lipinski definition) is 3. The Kier molecular flexibility index (Phi) is 34.7. The standard InChI is InChI=1S/C33H39F4N4O6.C33H41F4N4O6.C32H39F4N4O6.3V/c1-16-23(15-42)41-14-25(16)46-28-26(38-21-9-8-18(45-5)13-22(21)39-28)33(36,37)32(34,35)10-6-7-19-20-11-17(20)12-24(19)47-30(44)40-27(29(41)43)31(2,3)4;1-18-23(17-42)41-16-24(18)46-27-25(38-21-12-11-20(45-6)15-22(21)39-27)33(36,37)32(34,35)14-8-10-19-9-7-13-31(19,5)47-29(44)40-26(28(41)43)30(2,3)4;1-17-22(16-41)40-15-24(17)45-27-25(37-20-12-11-19(44-5)14-21(20)38-27)32(35,36)31(33,34)13-7-9-18-8-6-10-23(18)46-29(43)39-26(28(40)42)30(2,3)4;;;/h8-9,13,16-17,19-20,23-25,27H,6-7,10-12,14H2,1-5H3,(H,40,44);11-12,15,18-19,23-24,26H,7-10,13-14,16H2,1-6H3,(H,40,44);11-12,14,17-18,22-24,26H,6-10,13,15H2,1-5H3,(H,39,43);;;/q3*-1;;;/t16-,17?,19+,20?,23+,24+,25-,27+;18-,19-,23+,24-,26+,31+;17-,18-,22+,23+,24-,26+;;;/m000.../s1. The van der Waals surface area contributed by atoms with Crippen LogP contribution < -0.4 is 44.4 Å². The smallest absolute Gasteiger partial charge is 0.408 e. The van der Waals surface area contributed by atoms with Gasteiger partial charge in [0.05, 0.1) is 74.1 Å². The van der Waals surface area contributed by atoms with Gasteiger partial charge in [0.2, 0.25) is 35.4 Å². The van der Waals surface area contributed by atoms with Gasteiger partial charge >= 0.3 is 53.8 Å². The van der Waals surface area contributed by atoms with Gasteiger partial charge in [-0.1, -0.05) is 101 Å². The molecule has 20 atom stereocenters. The maximum atomic E-state index is 16.1. The summed E-state index contributed by atoms with van der Waals surface area (Å²) in [4.78, 5) is 146. The third-order valence-corrected chi connectivity index (χ3v) is 29.5. The molecule has 45 heteroatoms. The number of aromatic nitrogens is 6. The van der Waals surface area contributed by atoms with E-state index in [1.165, 1.54) is 80.8 Å². The predicted molar refractivity (Wildman–Crippen MR) is 480 cm³/mol. The number of halogens is 12. The summed E-state index contributed by atoms with van der Waals surface area (Å²) >= 11 is 0. The molecule has 4 aliphatic carbocycles. The molecule has 6 aromatic rings. The second-order valence-corrected chi connectivity index (χ2v) is 42.2. The molecule has 781 valence electrons. The minimum Gasteiger partial charge on any atom is -0.540 e. The second-order valence-electron chi connectivity index (χ2n) is 42.2. The fourth-order valence-electron chi connectivity index (χ4n) is 21.0. The van der Waals surface area contributed by atoms with E-state index < -0.39 is 232 Å². The van der Waals surface area contributed by atoms with Gasteiger partial charge in [-0.25, -0.2) is 63.1 Å². The first-order valence-corrected chi connectivity index (χ1v) is 47.4. The number of methoxy groups -OCH3 is 3. The van der Waals surface area contributed by atoms with E-state index >= 15 is 52.7 Å². The summed E-state index contributed by atoms with van der Waals surface area (Å²) in [6.45, 7) is 21.1. The van der Waals surface area contributed by atoms with E-state index in [1.54, 1.807) is 90.0 Å². The van der Waals surface area contributed by atoms with Gasteiger partial charge in [-0.05, 0) is 197 Å². The van der Waals surface area contributed by atoms with E-state index in [0.29, 0.717) is 62.2 Å². The van der Waals surface area contributed by atoms with Crippen molar-refractivity contribution in [1.82, 2.24) is 60.6 Å². The van der Waals surface area contributed by atoms with Gasteiger partial charge in [0.1, 0.15) is 71.5 Å². The van der Waals surface area contributed by atoms with Gasteiger partial charge in [-0.15, -0.1) is 0 Å². The molecular formula is C98H119F12N12O18V3-3. The van der Waals surface area contributed by atoms with Crippen molar-refractivity contribution in [1.29, 1.82) is 0 Å². The molecule has 3 radical (unpaired) electrons. The van der Waals surface area contributed by atoms with E-state index in [4.69, 9.17) is 42.6 Å². The second kappa shape index (κ2) is 43.6. The Labute approximate surface area is 855 Å². The van der Waals surface area contributed by atoms with Crippen LogP contribution in [-0.2, 0) is 116 Å². The summed E-state index contributed by atoms with van der Waals surface area (Å²) in [5.41, 5.74) is -7.65. The molecule has 3 aromatic heterocycles. The largest absolute Gasteiger partial charge is 0.540 e. The van der Waals surface area contributed by atoms with Gasteiger partial charge in [-0.3, -0.25) is 14.4 Å². The van der Waals surface area contributed by atoms with Crippen molar-refractivity contribution in [2.75, 3.05) is 41.0 Å². The van der Waals surface area contributed by atoms with Crippen molar-refractivity contribution in [2.45, 2.75) is 307 Å². The molecule has 3 N–H and O–H groups in total. The summed E-state index contributed by atoms with van der Waals surface area (Å²) in [5, 5.41) is 8.03. The van der Waals surface area contributed by atoms with Crippen LogP contribution in [0.1, 0.15) is 216 Å². The summed E-state index contributed by atoms with van der Waals surface area (Å²) < 4.78 is 240. The molecule has 2 unspecified atom stereocenters.